The molecular weight excluding hydrogens is 496 g/mol. The molecule has 0 fully saturated rings. The van der Waals surface area contributed by atoms with Gasteiger partial charge in [-0.05, 0) is 83.1 Å². The minimum absolute atomic E-state index is 1.02. The third-order valence-corrected chi connectivity index (χ3v) is 8.02. The normalized spacial score (nSPS) is 11.3. The molecule has 0 aliphatic rings. The molecule has 2 aromatic heterocycles. The predicted octanol–water partition coefficient (Wildman–Crippen LogP) is 10.5. The second-order valence-corrected chi connectivity index (χ2v) is 10.7. The molecule has 7 rings (SSSR count). The minimum atomic E-state index is 1.02. The topological polar surface area (TPSA) is 17.8 Å². The Morgan fingerprint density at radius 2 is 1.10 bits per heavy atom. The molecule has 0 radical (unpaired) electrons. The van der Waals surface area contributed by atoms with Crippen LogP contribution < -0.4 is 0 Å². The Labute approximate surface area is 241 Å². The fraction of sp³-hybridized carbons (Fsp3) is 0.103. The van der Waals surface area contributed by atoms with Crippen molar-refractivity contribution in [3.63, 3.8) is 0 Å². The van der Waals surface area contributed by atoms with Gasteiger partial charge in [-0.15, -0.1) is 0 Å². The maximum Gasteiger partial charge on any atom is 0.0702 e. The quantitative estimate of drug-likeness (QED) is 0.201. The van der Waals surface area contributed by atoms with Crippen molar-refractivity contribution in [2.45, 2.75) is 26.2 Å². The number of benzene rings is 5. The van der Waals surface area contributed by atoms with Crippen molar-refractivity contribution < 1.29 is 0 Å². The molecule has 0 amide bonds. The van der Waals surface area contributed by atoms with E-state index in [0.29, 0.717) is 0 Å². The Balaban J connectivity index is 1.24. The van der Waals surface area contributed by atoms with Crippen LogP contribution in [0.4, 0.5) is 0 Å². The van der Waals surface area contributed by atoms with Gasteiger partial charge >= 0.3 is 0 Å². The first-order valence-electron chi connectivity index (χ1n) is 14.5. The van der Waals surface area contributed by atoms with Crippen molar-refractivity contribution in [1.82, 2.24) is 9.55 Å². The van der Waals surface area contributed by atoms with Crippen LogP contribution in [0.5, 0.6) is 0 Å². The second-order valence-electron chi connectivity index (χ2n) is 10.7. The number of rotatable bonds is 7. The van der Waals surface area contributed by atoms with Gasteiger partial charge in [0.05, 0.1) is 16.7 Å². The summed E-state index contributed by atoms with van der Waals surface area (Å²) in [7, 11) is 0. The van der Waals surface area contributed by atoms with Gasteiger partial charge in [-0.25, -0.2) is 0 Å². The smallest absolute Gasteiger partial charge is 0.0702 e. The summed E-state index contributed by atoms with van der Waals surface area (Å²) in [6, 6.07) is 48.2. The van der Waals surface area contributed by atoms with Crippen molar-refractivity contribution in [3.05, 3.63) is 145 Å². The zero-order valence-corrected chi connectivity index (χ0v) is 23.3. The lowest BCUT2D eigenvalue weighted by Gasteiger charge is -2.12. The monoisotopic (exact) mass is 528 g/mol. The van der Waals surface area contributed by atoms with Crippen LogP contribution in [0.25, 0.3) is 61.0 Å². The molecule has 0 aliphatic heterocycles. The van der Waals surface area contributed by atoms with E-state index in [2.05, 4.69) is 145 Å². The molecule has 7 aromatic rings. The summed E-state index contributed by atoms with van der Waals surface area (Å²) < 4.78 is 2.38. The first-order valence-corrected chi connectivity index (χ1v) is 14.5. The summed E-state index contributed by atoms with van der Waals surface area (Å²) >= 11 is 0. The number of hydrogen-bond donors (Lipinski definition) is 0. The van der Waals surface area contributed by atoms with Crippen molar-refractivity contribution in [1.29, 1.82) is 0 Å². The summed E-state index contributed by atoms with van der Waals surface area (Å²) in [5.74, 6) is 0. The van der Waals surface area contributed by atoms with Crippen molar-refractivity contribution in [3.8, 4) is 39.2 Å². The maximum atomic E-state index is 4.78. The van der Waals surface area contributed by atoms with Gasteiger partial charge in [0.2, 0.25) is 0 Å². The fourth-order valence-corrected chi connectivity index (χ4v) is 5.89. The first-order chi connectivity index (χ1) is 20.3. The van der Waals surface area contributed by atoms with Gasteiger partial charge in [0.15, 0.2) is 0 Å². The molecule has 0 N–H and O–H groups in total. The van der Waals surface area contributed by atoms with Gasteiger partial charge in [0.25, 0.3) is 0 Å². The molecule has 0 aliphatic carbocycles. The molecular formula is C39H32N2. The molecule has 0 spiro atoms. The Hall–Kier alpha value is -4.95. The Morgan fingerprint density at radius 3 is 1.71 bits per heavy atom. The largest absolute Gasteiger partial charge is 0.309 e. The number of hydrogen-bond acceptors (Lipinski definition) is 1. The van der Waals surface area contributed by atoms with E-state index in [1.165, 1.54) is 68.2 Å². The number of fused-ring (bicyclic) bond motifs is 3. The van der Waals surface area contributed by atoms with E-state index < -0.39 is 0 Å². The Morgan fingerprint density at radius 1 is 0.537 bits per heavy atom. The first kappa shape index (κ1) is 25.0. The van der Waals surface area contributed by atoms with Crippen LogP contribution in [0.15, 0.2) is 140 Å². The molecule has 0 unspecified atom stereocenters. The lowest BCUT2D eigenvalue weighted by Crippen LogP contribution is -1.94. The summed E-state index contributed by atoms with van der Waals surface area (Å²) in [5, 5.41) is 2.56. The van der Waals surface area contributed by atoms with Crippen LogP contribution in [-0.4, -0.2) is 9.55 Å². The molecule has 0 saturated carbocycles. The van der Waals surface area contributed by atoms with E-state index in [0.717, 1.165) is 17.7 Å². The molecule has 2 heteroatoms. The fourth-order valence-electron chi connectivity index (χ4n) is 5.89. The van der Waals surface area contributed by atoms with Gasteiger partial charge in [-0.2, -0.15) is 0 Å². The number of unbranched alkanes of at least 4 members (excludes halogenated alkanes) is 1. The van der Waals surface area contributed by atoms with Crippen LogP contribution in [0.1, 0.15) is 25.3 Å². The SMILES string of the molecule is CCCCc1ccc(-c2cccc(-c3cccc(-c4cccc(-n5c6ccccc6c6ccccc65)c4)c3)c2)nc1. The van der Waals surface area contributed by atoms with Crippen molar-refractivity contribution >= 4 is 21.8 Å². The van der Waals surface area contributed by atoms with E-state index in [-0.39, 0.29) is 0 Å². The average molecular weight is 529 g/mol. The summed E-state index contributed by atoms with van der Waals surface area (Å²) in [6.07, 6.45) is 5.53. The van der Waals surface area contributed by atoms with Gasteiger partial charge in [0, 0.05) is 28.2 Å². The number of nitrogens with zero attached hydrogens (tertiary/aromatic N) is 2. The summed E-state index contributed by atoms with van der Waals surface area (Å²) in [6.45, 7) is 2.23. The highest BCUT2D eigenvalue weighted by Gasteiger charge is 2.12. The van der Waals surface area contributed by atoms with E-state index in [1.807, 2.05) is 6.20 Å². The molecule has 2 nitrogen and oxygen atoms in total. The number of pyridine rings is 1. The van der Waals surface area contributed by atoms with Gasteiger partial charge in [-0.1, -0.05) is 104 Å². The van der Waals surface area contributed by atoms with E-state index >= 15 is 0 Å². The zero-order valence-electron chi connectivity index (χ0n) is 23.3. The number of aryl methyl sites for hydroxylation is 1. The maximum absolute atomic E-state index is 4.78. The standard InChI is InChI=1S/C39H32N2/c1-2-3-11-28-22-23-37(40-27-28)33-16-9-14-31(25-33)29-12-8-13-30(24-29)32-15-10-17-34(26-32)41-38-20-6-4-18-35(38)36-19-5-7-21-39(36)41/h4-10,12-27H,2-3,11H2,1H3. The predicted molar refractivity (Wildman–Crippen MR) is 173 cm³/mol. The molecule has 2 heterocycles. The molecule has 0 saturated heterocycles. The summed E-state index contributed by atoms with van der Waals surface area (Å²) in [4.78, 5) is 4.78. The van der Waals surface area contributed by atoms with E-state index in [1.54, 1.807) is 0 Å². The van der Waals surface area contributed by atoms with Gasteiger partial charge < -0.3 is 4.57 Å². The highest BCUT2D eigenvalue weighted by atomic mass is 15.0. The Bertz CT molecular complexity index is 1920. The highest BCUT2D eigenvalue weighted by molar-refractivity contribution is 6.09. The summed E-state index contributed by atoms with van der Waals surface area (Å²) in [5.41, 5.74) is 11.9. The number of aromatic nitrogens is 2. The third-order valence-electron chi connectivity index (χ3n) is 8.02. The third kappa shape index (κ3) is 4.83. The number of para-hydroxylation sites is 2. The van der Waals surface area contributed by atoms with Crippen LogP contribution in [0.3, 0.4) is 0 Å². The second kappa shape index (κ2) is 10.9. The zero-order chi connectivity index (χ0) is 27.6. The van der Waals surface area contributed by atoms with Gasteiger partial charge in [-0.3, -0.25) is 4.98 Å². The van der Waals surface area contributed by atoms with Crippen LogP contribution in [-0.2, 0) is 6.42 Å². The lowest BCUT2D eigenvalue weighted by atomic mass is 9.97. The molecule has 0 atom stereocenters. The molecule has 41 heavy (non-hydrogen) atoms. The van der Waals surface area contributed by atoms with E-state index in [9.17, 15) is 0 Å². The van der Waals surface area contributed by atoms with E-state index in [4.69, 9.17) is 4.98 Å². The van der Waals surface area contributed by atoms with Crippen molar-refractivity contribution in [2.24, 2.45) is 0 Å². The Kier molecular flexibility index (Phi) is 6.66. The van der Waals surface area contributed by atoms with Crippen LogP contribution in [0, 0.1) is 0 Å². The van der Waals surface area contributed by atoms with Crippen molar-refractivity contribution in [2.75, 3.05) is 0 Å². The molecule has 5 aromatic carbocycles. The van der Waals surface area contributed by atoms with Gasteiger partial charge in [0.1, 0.15) is 0 Å². The molecule has 198 valence electrons. The van der Waals surface area contributed by atoms with Crippen LogP contribution >= 0.6 is 0 Å². The lowest BCUT2D eigenvalue weighted by molar-refractivity contribution is 0.792. The van der Waals surface area contributed by atoms with Crippen LogP contribution in [0.2, 0.25) is 0 Å². The highest BCUT2D eigenvalue weighted by Crippen LogP contribution is 2.34. The average Bonchev–Trinajstić information content (AvgIpc) is 3.39. The minimum Gasteiger partial charge on any atom is -0.309 e. The molecule has 0 bridgehead atoms.